The van der Waals surface area contributed by atoms with Crippen LogP contribution < -0.4 is 10.1 Å². The van der Waals surface area contributed by atoms with Gasteiger partial charge in [0, 0.05) is 5.69 Å². The summed E-state index contributed by atoms with van der Waals surface area (Å²) < 4.78 is 19.2. The van der Waals surface area contributed by atoms with Crippen LogP contribution in [0.3, 0.4) is 0 Å². The van der Waals surface area contributed by atoms with Crippen LogP contribution in [-0.4, -0.2) is 12.0 Å². The summed E-state index contributed by atoms with van der Waals surface area (Å²) in [6.45, 7) is 6.15. The van der Waals surface area contributed by atoms with Crippen LogP contribution in [0.15, 0.2) is 48.5 Å². The number of hydrogen-bond donors (Lipinski definition) is 1. The molecule has 0 aliphatic heterocycles. The molecule has 0 aromatic heterocycles. The molecule has 1 amide bonds. The third-order valence-corrected chi connectivity index (χ3v) is 4.09. The summed E-state index contributed by atoms with van der Waals surface area (Å²) in [6, 6.07) is 13.6. The van der Waals surface area contributed by atoms with Gasteiger partial charge in [-0.1, -0.05) is 45.0 Å². The van der Waals surface area contributed by atoms with Crippen LogP contribution in [0.25, 0.3) is 0 Å². The van der Waals surface area contributed by atoms with E-state index < -0.39 is 6.10 Å². The monoisotopic (exact) mass is 329 g/mol. The highest BCUT2D eigenvalue weighted by Crippen LogP contribution is 2.29. The van der Waals surface area contributed by atoms with Gasteiger partial charge in [-0.2, -0.15) is 0 Å². The summed E-state index contributed by atoms with van der Waals surface area (Å²) >= 11 is 0. The van der Waals surface area contributed by atoms with E-state index >= 15 is 0 Å². The Labute approximate surface area is 142 Å². The van der Waals surface area contributed by atoms with Gasteiger partial charge in [0.15, 0.2) is 6.10 Å². The van der Waals surface area contributed by atoms with Gasteiger partial charge in [-0.05, 0) is 48.6 Å². The molecule has 0 spiro atoms. The van der Waals surface area contributed by atoms with Gasteiger partial charge in [0.05, 0.1) is 0 Å². The Balaban J connectivity index is 2.13. The number of hydrogen-bond acceptors (Lipinski definition) is 2. The summed E-state index contributed by atoms with van der Waals surface area (Å²) in [7, 11) is 0. The van der Waals surface area contributed by atoms with E-state index in [0.29, 0.717) is 18.0 Å². The van der Waals surface area contributed by atoms with Crippen LogP contribution in [-0.2, 0) is 4.79 Å². The molecule has 4 heteroatoms. The SMILES string of the molecule is CCC(Oc1ccccc1C(C)CC)C(=O)Nc1cccc(F)c1. The molecule has 0 saturated heterocycles. The number of anilines is 1. The molecule has 0 saturated carbocycles. The maximum Gasteiger partial charge on any atom is 0.265 e. The number of halogens is 1. The average molecular weight is 329 g/mol. The van der Waals surface area contributed by atoms with E-state index in [-0.39, 0.29) is 11.7 Å². The molecule has 1 N–H and O–H groups in total. The van der Waals surface area contributed by atoms with Crippen LogP contribution in [0.1, 0.15) is 45.1 Å². The molecule has 2 atom stereocenters. The van der Waals surface area contributed by atoms with Crippen LogP contribution in [0.4, 0.5) is 10.1 Å². The summed E-state index contributed by atoms with van der Waals surface area (Å²) in [4.78, 5) is 12.5. The van der Waals surface area contributed by atoms with E-state index in [1.807, 2.05) is 31.2 Å². The smallest absolute Gasteiger partial charge is 0.265 e. The van der Waals surface area contributed by atoms with Crippen molar-refractivity contribution in [1.82, 2.24) is 0 Å². The van der Waals surface area contributed by atoms with Crippen LogP contribution in [0.2, 0.25) is 0 Å². The zero-order valence-corrected chi connectivity index (χ0v) is 14.4. The van der Waals surface area contributed by atoms with Crippen LogP contribution in [0.5, 0.6) is 5.75 Å². The van der Waals surface area contributed by atoms with Gasteiger partial charge in [0.2, 0.25) is 0 Å². The Morgan fingerprint density at radius 1 is 1.12 bits per heavy atom. The van der Waals surface area contributed by atoms with Gasteiger partial charge >= 0.3 is 0 Å². The Morgan fingerprint density at radius 3 is 2.54 bits per heavy atom. The molecule has 2 aromatic rings. The molecule has 2 aromatic carbocycles. The number of nitrogens with one attached hydrogen (secondary N) is 1. The molecule has 0 fully saturated rings. The zero-order chi connectivity index (χ0) is 17.5. The molecule has 128 valence electrons. The predicted molar refractivity (Wildman–Crippen MR) is 94.9 cm³/mol. The Morgan fingerprint density at radius 2 is 1.88 bits per heavy atom. The highest BCUT2D eigenvalue weighted by Gasteiger charge is 2.21. The third-order valence-electron chi connectivity index (χ3n) is 4.09. The largest absolute Gasteiger partial charge is 0.480 e. The predicted octanol–water partition coefficient (Wildman–Crippen LogP) is 5.14. The second-order valence-corrected chi connectivity index (χ2v) is 5.86. The second-order valence-electron chi connectivity index (χ2n) is 5.86. The van der Waals surface area contributed by atoms with Crippen molar-refractivity contribution in [2.24, 2.45) is 0 Å². The lowest BCUT2D eigenvalue weighted by Crippen LogP contribution is -2.32. The number of amides is 1. The van der Waals surface area contributed by atoms with E-state index in [1.165, 1.54) is 12.1 Å². The summed E-state index contributed by atoms with van der Waals surface area (Å²) in [5.74, 6) is 0.420. The van der Waals surface area contributed by atoms with Gasteiger partial charge in [0.1, 0.15) is 11.6 Å². The molecule has 3 nitrogen and oxygen atoms in total. The Hall–Kier alpha value is -2.36. The van der Waals surface area contributed by atoms with Crippen LogP contribution in [0, 0.1) is 5.82 Å². The van der Waals surface area contributed by atoms with E-state index in [0.717, 1.165) is 17.7 Å². The molecule has 24 heavy (non-hydrogen) atoms. The maximum atomic E-state index is 13.2. The Kier molecular flexibility index (Phi) is 6.36. The number of carbonyl (C=O) groups excluding carboxylic acids is 1. The van der Waals surface area contributed by atoms with Crippen molar-refractivity contribution in [2.45, 2.75) is 45.6 Å². The minimum atomic E-state index is -0.626. The van der Waals surface area contributed by atoms with Crippen LogP contribution >= 0.6 is 0 Å². The fourth-order valence-corrected chi connectivity index (χ4v) is 2.48. The van der Waals surface area contributed by atoms with Gasteiger partial charge in [-0.25, -0.2) is 4.39 Å². The van der Waals surface area contributed by atoms with Crippen molar-refractivity contribution in [2.75, 3.05) is 5.32 Å². The van der Waals surface area contributed by atoms with E-state index in [9.17, 15) is 9.18 Å². The topological polar surface area (TPSA) is 38.3 Å². The zero-order valence-electron chi connectivity index (χ0n) is 14.4. The van der Waals surface area contributed by atoms with E-state index in [1.54, 1.807) is 12.1 Å². The molecule has 0 bridgehead atoms. The highest BCUT2D eigenvalue weighted by atomic mass is 19.1. The third kappa shape index (κ3) is 4.57. The maximum absolute atomic E-state index is 13.2. The van der Waals surface area contributed by atoms with Gasteiger partial charge in [-0.15, -0.1) is 0 Å². The first-order chi connectivity index (χ1) is 11.5. The number of carbonyl (C=O) groups is 1. The fourth-order valence-electron chi connectivity index (χ4n) is 2.48. The standard InChI is InChI=1S/C20H24FNO2/c1-4-14(3)17-11-6-7-12-19(17)24-18(5-2)20(23)22-16-10-8-9-15(21)13-16/h6-14,18H,4-5H2,1-3H3,(H,22,23). The number of para-hydroxylation sites is 1. The Bertz CT molecular complexity index is 687. The molecule has 2 unspecified atom stereocenters. The molecule has 0 aliphatic rings. The van der Waals surface area contributed by atoms with Gasteiger partial charge in [0.25, 0.3) is 5.91 Å². The first-order valence-electron chi connectivity index (χ1n) is 8.37. The second kappa shape index (κ2) is 8.48. The summed E-state index contributed by atoms with van der Waals surface area (Å²) in [5, 5.41) is 2.71. The number of ether oxygens (including phenoxy) is 1. The lowest BCUT2D eigenvalue weighted by Gasteiger charge is -2.21. The van der Waals surface area contributed by atoms with E-state index in [2.05, 4.69) is 19.2 Å². The normalized spacial score (nSPS) is 13.2. The van der Waals surface area contributed by atoms with Crippen molar-refractivity contribution in [3.63, 3.8) is 0 Å². The van der Waals surface area contributed by atoms with Crippen molar-refractivity contribution < 1.29 is 13.9 Å². The first-order valence-corrected chi connectivity index (χ1v) is 8.37. The highest BCUT2D eigenvalue weighted by molar-refractivity contribution is 5.94. The van der Waals surface area contributed by atoms with Crippen molar-refractivity contribution in [3.8, 4) is 5.75 Å². The fraction of sp³-hybridized carbons (Fsp3) is 0.350. The molecule has 2 rings (SSSR count). The lowest BCUT2D eigenvalue weighted by atomic mass is 9.98. The minimum absolute atomic E-state index is 0.276. The van der Waals surface area contributed by atoms with Crippen molar-refractivity contribution in [1.29, 1.82) is 0 Å². The average Bonchev–Trinajstić information content (AvgIpc) is 2.59. The quantitative estimate of drug-likeness (QED) is 0.764. The van der Waals surface area contributed by atoms with Crippen molar-refractivity contribution >= 4 is 11.6 Å². The molecule has 0 radical (unpaired) electrons. The molecular formula is C20H24FNO2. The number of benzene rings is 2. The first kappa shape index (κ1) is 18.0. The minimum Gasteiger partial charge on any atom is -0.480 e. The summed E-state index contributed by atoms with van der Waals surface area (Å²) in [6.07, 6.45) is 0.890. The lowest BCUT2D eigenvalue weighted by molar-refractivity contribution is -0.122. The van der Waals surface area contributed by atoms with Crippen molar-refractivity contribution in [3.05, 3.63) is 59.9 Å². The van der Waals surface area contributed by atoms with Gasteiger partial charge in [-0.3, -0.25) is 4.79 Å². The molecule has 0 aliphatic carbocycles. The summed E-state index contributed by atoms with van der Waals surface area (Å²) in [5.41, 5.74) is 1.52. The van der Waals surface area contributed by atoms with E-state index in [4.69, 9.17) is 4.74 Å². The van der Waals surface area contributed by atoms with Gasteiger partial charge < -0.3 is 10.1 Å². The molecule has 0 heterocycles. The number of rotatable bonds is 7. The molecular weight excluding hydrogens is 305 g/mol.